The van der Waals surface area contributed by atoms with Gasteiger partial charge in [-0.15, -0.1) is 0 Å². The standard InChI is InChI=1S/C24H22N6O/c1-14-12-21(27-23-17(14)8-7-11-20(23)31-4)30-22(13-15(2)29-30)28-24-16(3)25-18-9-5-6-10-19(18)26-24/h5-13H,1-4H3,(H,26,28). The summed E-state index contributed by atoms with van der Waals surface area (Å²) in [5.74, 6) is 2.90. The van der Waals surface area contributed by atoms with Crippen LogP contribution in [0.2, 0.25) is 0 Å². The summed E-state index contributed by atoms with van der Waals surface area (Å²) in [6.45, 7) is 5.96. The molecule has 5 rings (SSSR count). The van der Waals surface area contributed by atoms with Crippen LogP contribution in [-0.2, 0) is 0 Å². The molecule has 3 heterocycles. The number of nitrogens with zero attached hydrogens (tertiary/aromatic N) is 5. The van der Waals surface area contributed by atoms with Crippen LogP contribution in [0.3, 0.4) is 0 Å². The van der Waals surface area contributed by atoms with E-state index in [1.807, 2.05) is 68.4 Å². The van der Waals surface area contributed by atoms with Gasteiger partial charge in [0.1, 0.15) is 17.1 Å². The van der Waals surface area contributed by atoms with Crippen molar-refractivity contribution in [3.63, 3.8) is 0 Å². The van der Waals surface area contributed by atoms with Crippen molar-refractivity contribution < 1.29 is 4.74 Å². The van der Waals surface area contributed by atoms with Crippen LogP contribution in [0.5, 0.6) is 5.75 Å². The Labute approximate surface area is 179 Å². The first-order valence-electron chi connectivity index (χ1n) is 10.1. The summed E-state index contributed by atoms with van der Waals surface area (Å²) in [6, 6.07) is 17.8. The molecular formula is C24H22N6O. The van der Waals surface area contributed by atoms with E-state index in [4.69, 9.17) is 14.7 Å². The summed E-state index contributed by atoms with van der Waals surface area (Å²) >= 11 is 0. The van der Waals surface area contributed by atoms with Gasteiger partial charge in [-0.05, 0) is 50.6 Å². The smallest absolute Gasteiger partial charge is 0.156 e. The van der Waals surface area contributed by atoms with Gasteiger partial charge in [0.2, 0.25) is 0 Å². The average molecular weight is 410 g/mol. The van der Waals surface area contributed by atoms with E-state index in [-0.39, 0.29) is 0 Å². The molecule has 5 aromatic rings. The van der Waals surface area contributed by atoms with E-state index < -0.39 is 0 Å². The van der Waals surface area contributed by atoms with Crippen molar-refractivity contribution in [1.82, 2.24) is 24.7 Å². The Morgan fingerprint density at radius 1 is 0.871 bits per heavy atom. The molecule has 0 fully saturated rings. The molecule has 0 saturated carbocycles. The predicted molar refractivity (Wildman–Crippen MR) is 122 cm³/mol. The Bertz CT molecular complexity index is 1440. The van der Waals surface area contributed by atoms with Gasteiger partial charge in [-0.1, -0.05) is 24.3 Å². The number of benzene rings is 2. The highest BCUT2D eigenvalue weighted by Gasteiger charge is 2.15. The molecular weight excluding hydrogens is 388 g/mol. The summed E-state index contributed by atoms with van der Waals surface area (Å²) in [6.07, 6.45) is 0. The average Bonchev–Trinajstić information content (AvgIpc) is 3.14. The van der Waals surface area contributed by atoms with E-state index in [0.29, 0.717) is 11.6 Å². The van der Waals surface area contributed by atoms with Crippen molar-refractivity contribution in [2.24, 2.45) is 0 Å². The van der Waals surface area contributed by atoms with E-state index in [2.05, 4.69) is 22.3 Å². The second-order valence-electron chi connectivity index (χ2n) is 7.51. The van der Waals surface area contributed by atoms with Gasteiger partial charge in [-0.25, -0.2) is 15.0 Å². The summed E-state index contributed by atoms with van der Waals surface area (Å²) in [5.41, 5.74) is 5.29. The number of hydrogen-bond acceptors (Lipinski definition) is 6. The topological polar surface area (TPSA) is 77.8 Å². The molecule has 0 radical (unpaired) electrons. The minimum absolute atomic E-state index is 0.690. The second kappa shape index (κ2) is 7.36. The van der Waals surface area contributed by atoms with Gasteiger partial charge in [0, 0.05) is 11.5 Å². The number of para-hydroxylation sites is 3. The van der Waals surface area contributed by atoms with Gasteiger partial charge in [0.15, 0.2) is 11.6 Å². The number of nitrogens with one attached hydrogen (secondary N) is 1. The van der Waals surface area contributed by atoms with Gasteiger partial charge < -0.3 is 10.1 Å². The maximum atomic E-state index is 5.53. The van der Waals surface area contributed by atoms with Gasteiger partial charge in [0.05, 0.1) is 29.5 Å². The maximum Gasteiger partial charge on any atom is 0.156 e. The van der Waals surface area contributed by atoms with E-state index in [1.165, 1.54) is 0 Å². The van der Waals surface area contributed by atoms with E-state index in [9.17, 15) is 0 Å². The minimum Gasteiger partial charge on any atom is -0.494 e. The lowest BCUT2D eigenvalue weighted by atomic mass is 10.1. The molecule has 0 spiro atoms. The van der Waals surface area contributed by atoms with E-state index >= 15 is 0 Å². The molecule has 0 unspecified atom stereocenters. The highest BCUT2D eigenvalue weighted by Crippen LogP contribution is 2.29. The zero-order valence-electron chi connectivity index (χ0n) is 17.8. The van der Waals surface area contributed by atoms with Crippen LogP contribution in [0.1, 0.15) is 17.0 Å². The lowest BCUT2D eigenvalue weighted by Crippen LogP contribution is -2.08. The summed E-state index contributed by atoms with van der Waals surface area (Å²) in [7, 11) is 1.66. The number of rotatable bonds is 4. The summed E-state index contributed by atoms with van der Waals surface area (Å²) in [4.78, 5) is 14.3. The third kappa shape index (κ3) is 3.34. The number of aromatic nitrogens is 5. The molecule has 0 saturated heterocycles. The minimum atomic E-state index is 0.690. The molecule has 0 amide bonds. The zero-order valence-corrected chi connectivity index (χ0v) is 17.8. The molecule has 7 heteroatoms. The SMILES string of the molecule is COc1cccc2c(C)cc(-n3nc(C)cc3Nc3nc4ccccc4nc3C)nc12. The highest BCUT2D eigenvalue weighted by atomic mass is 16.5. The first kappa shape index (κ1) is 19.0. The monoisotopic (exact) mass is 410 g/mol. The number of ether oxygens (including phenoxy) is 1. The number of pyridine rings is 1. The molecule has 154 valence electrons. The third-order valence-corrected chi connectivity index (χ3v) is 5.26. The quantitative estimate of drug-likeness (QED) is 0.447. The Morgan fingerprint density at radius 2 is 1.65 bits per heavy atom. The van der Waals surface area contributed by atoms with Crippen molar-refractivity contribution in [3.8, 4) is 11.6 Å². The number of fused-ring (bicyclic) bond motifs is 2. The van der Waals surface area contributed by atoms with E-state index in [0.717, 1.165) is 50.5 Å². The summed E-state index contributed by atoms with van der Waals surface area (Å²) in [5, 5.41) is 9.13. The fourth-order valence-corrected chi connectivity index (χ4v) is 3.74. The zero-order chi connectivity index (χ0) is 21.5. The largest absolute Gasteiger partial charge is 0.494 e. The van der Waals surface area contributed by atoms with Crippen LogP contribution >= 0.6 is 0 Å². The Balaban J connectivity index is 1.63. The van der Waals surface area contributed by atoms with Crippen molar-refractivity contribution in [1.29, 1.82) is 0 Å². The third-order valence-electron chi connectivity index (χ3n) is 5.26. The van der Waals surface area contributed by atoms with Gasteiger partial charge in [0.25, 0.3) is 0 Å². The number of aryl methyl sites for hydroxylation is 3. The van der Waals surface area contributed by atoms with Crippen LogP contribution in [0.25, 0.3) is 27.8 Å². The predicted octanol–water partition coefficient (Wildman–Crippen LogP) is 5.04. The van der Waals surface area contributed by atoms with Gasteiger partial charge in [-0.3, -0.25) is 0 Å². The number of anilines is 2. The highest BCUT2D eigenvalue weighted by molar-refractivity contribution is 5.88. The lowest BCUT2D eigenvalue weighted by molar-refractivity contribution is 0.419. The second-order valence-corrected chi connectivity index (χ2v) is 7.51. The van der Waals surface area contributed by atoms with Crippen LogP contribution in [0.15, 0.2) is 54.6 Å². The van der Waals surface area contributed by atoms with Crippen LogP contribution in [-0.4, -0.2) is 31.8 Å². The van der Waals surface area contributed by atoms with Crippen LogP contribution < -0.4 is 10.1 Å². The van der Waals surface area contributed by atoms with E-state index in [1.54, 1.807) is 11.8 Å². The normalized spacial score (nSPS) is 11.2. The van der Waals surface area contributed by atoms with Gasteiger partial charge in [-0.2, -0.15) is 9.78 Å². The number of methoxy groups -OCH3 is 1. The van der Waals surface area contributed by atoms with Gasteiger partial charge >= 0.3 is 0 Å². The molecule has 31 heavy (non-hydrogen) atoms. The fourth-order valence-electron chi connectivity index (χ4n) is 3.74. The molecule has 0 aliphatic rings. The molecule has 7 nitrogen and oxygen atoms in total. The van der Waals surface area contributed by atoms with Crippen LogP contribution in [0, 0.1) is 20.8 Å². The van der Waals surface area contributed by atoms with Crippen molar-refractivity contribution in [3.05, 3.63) is 71.5 Å². The first-order chi connectivity index (χ1) is 15.0. The number of hydrogen-bond donors (Lipinski definition) is 1. The Morgan fingerprint density at radius 3 is 2.42 bits per heavy atom. The lowest BCUT2D eigenvalue weighted by Gasteiger charge is -2.13. The molecule has 3 aromatic heterocycles. The fraction of sp³-hybridized carbons (Fsp3) is 0.167. The molecule has 0 aliphatic heterocycles. The molecule has 1 N–H and O–H groups in total. The Hall–Kier alpha value is -4.00. The van der Waals surface area contributed by atoms with Crippen LogP contribution in [0.4, 0.5) is 11.6 Å². The molecule has 0 atom stereocenters. The molecule has 0 aliphatic carbocycles. The Kier molecular flexibility index (Phi) is 4.51. The van der Waals surface area contributed by atoms with Crippen molar-refractivity contribution in [2.45, 2.75) is 20.8 Å². The molecule has 0 bridgehead atoms. The van der Waals surface area contributed by atoms with Crippen molar-refractivity contribution >= 4 is 33.6 Å². The first-order valence-corrected chi connectivity index (χ1v) is 10.1. The molecule has 2 aromatic carbocycles. The maximum absolute atomic E-state index is 5.53. The summed E-state index contributed by atoms with van der Waals surface area (Å²) < 4.78 is 7.33. The van der Waals surface area contributed by atoms with Crippen molar-refractivity contribution in [2.75, 3.05) is 12.4 Å².